The Kier molecular flexibility index (Phi) is 4.13. The predicted molar refractivity (Wildman–Crippen MR) is 82.3 cm³/mol. The number of aromatic nitrogens is 3. The lowest BCUT2D eigenvalue weighted by Crippen LogP contribution is -2.30. The van der Waals surface area contributed by atoms with Gasteiger partial charge in [-0.2, -0.15) is 0 Å². The van der Waals surface area contributed by atoms with Crippen LogP contribution in [0, 0.1) is 0 Å². The third-order valence-electron chi connectivity index (χ3n) is 3.71. The zero-order valence-electron chi connectivity index (χ0n) is 12.2. The number of likely N-dealkylation sites (tertiary alicyclic amines) is 1. The van der Waals surface area contributed by atoms with E-state index in [1.807, 2.05) is 25.1 Å². The van der Waals surface area contributed by atoms with Crippen molar-refractivity contribution in [2.75, 3.05) is 13.1 Å². The standard InChI is InChI=1S/C15H17ClN4O2/c1-2-13-17-14(15(22)19-8-7-10(21)9-19)18-20(13)12-6-4-3-5-11(12)16/h3-6,10,21H,2,7-9H2,1H3/t10-/m1/s1. The number of nitrogens with zero attached hydrogens (tertiary/aromatic N) is 4. The monoisotopic (exact) mass is 320 g/mol. The summed E-state index contributed by atoms with van der Waals surface area (Å²) in [5.74, 6) is 0.569. The molecule has 0 spiro atoms. The molecule has 22 heavy (non-hydrogen) atoms. The normalized spacial score (nSPS) is 18.0. The second-order valence-corrected chi connectivity index (χ2v) is 5.67. The van der Waals surface area contributed by atoms with Crippen LogP contribution in [-0.2, 0) is 6.42 Å². The average Bonchev–Trinajstić information content (AvgIpc) is 3.13. The molecule has 1 saturated heterocycles. The number of aryl methyl sites for hydroxylation is 1. The number of amides is 1. The van der Waals surface area contributed by atoms with Gasteiger partial charge in [-0.1, -0.05) is 30.7 Å². The van der Waals surface area contributed by atoms with Gasteiger partial charge in [-0.15, -0.1) is 5.10 Å². The largest absolute Gasteiger partial charge is 0.391 e. The van der Waals surface area contributed by atoms with E-state index in [0.29, 0.717) is 42.5 Å². The molecule has 1 aromatic heterocycles. The molecule has 3 rings (SSSR count). The van der Waals surface area contributed by atoms with Gasteiger partial charge in [0.15, 0.2) is 0 Å². The number of aliphatic hydroxyl groups excluding tert-OH is 1. The second kappa shape index (κ2) is 6.06. The molecule has 2 aromatic rings. The van der Waals surface area contributed by atoms with Gasteiger partial charge in [-0.25, -0.2) is 9.67 Å². The fourth-order valence-corrected chi connectivity index (χ4v) is 2.76. The molecule has 1 aromatic carbocycles. The highest BCUT2D eigenvalue weighted by Crippen LogP contribution is 2.21. The van der Waals surface area contributed by atoms with Gasteiger partial charge >= 0.3 is 0 Å². The first-order valence-electron chi connectivity index (χ1n) is 7.28. The van der Waals surface area contributed by atoms with Crippen molar-refractivity contribution in [2.45, 2.75) is 25.9 Å². The minimum absolute atomic E-state index is 0.144. The van der Waals surface area contributed by atoms with Crippen LogP contribution in [0.4, 0.5) is 0 Å². The Labute approximate surface area is 133 Å². The fraction of sp³-hybridized carbons (Fsp3) is 0.400. The number of hydrogen-bond acceptors (Lipinski definition) is 4. The van der Waals surface area contributed by atoms with Crippen molar-refractivity contribution in [3.05, 3.63) is 40.9 Å². The SMILES string of the molecule is CCc1nc(C(=O)N2CC[C@@H](O)C2)nn1-c1ccccc1Cl. The third-order valence-corrected chi connectivity index (χ3v) is 4.03. The molecule has 0 unspecified atom stereocenters. The molecule has 0 radical (unpaired) electrons. The van der Waals surface area contributed by atoms with Crippen molar-refractivity contribution >= 4 is 17.5 Å². The molecule has 1 aliphatic heterocycles. The lowest BCUT2D eigenvalue weighted by molar-refractivity contribution is 0.0753. The quantitative estimate of drug-likeness (QED) is 0.934. The van der Waals surface area contributed by atoms with Crippen molar-refractivity contribution in [1.29, 1.82) is 0 Å². The summed E-state index contributed by atoms with van der Waals surface area (Å²) < 4.78 is 1.61. The molecule has 1 aliphatic rings. The molecule has 1 fully saturated rings. The van der Waals surface area contributed by atoms with E-state index in [1.54, 1.807) is 15.6 Å². The Hall–Kier alpha value is -1.92. The molecular weight excluding hydrogens is 304 g/mol. The van der Waals surface area contributed by atoms with Crippen LogP contribution in [0.25, 0.3) is 5.69 Å². The summed E-state index contributed by atoms with van der Waals surface area (Å²) in [5.41, 5.74) is 0.703. The summed E-state index contributed by atoms with van der Waals surface area (Å²) in [4.78, 5) is 18.3. The second-order valence-electron chi connectivity index (χ2n) is 5.26. The van der Waals surface area contributed by atoms with Crippen LogP contribution in [0.3, 0.4) is 0 Å². The van der Waals surface area contributed by atoms with E-state index < -0.39 is 6.10 Å². The van der Waals surface area contributed by atoms with Crippen LogP contribution in [0.1, 0.15) is 29.8 Å². The molecule has 7 heteroatoms. The molecule has 2 heterocycles. The average molecular weight is 321 g/mol. The van der Waals surface area contributed by atoms with Gasteiger partial charge in [0.05, 0.1) is 16.8 Å². The van der Waals surface area contributed by atoms with E-state index >= 15 is 0 Å². The number of halogens is 1. The fourth-order valence-electron chi connectivity index (χ4n) is 2.55. The summed E-state index contributed by atoms with van der Waals surface area (Å²) >= 11 is 6.21. The maximum absolute atomic E-state index is 12.4. The Balaban J connectivity index is 1.95. The number of hydrogen-bond donors (Lipinski definition) is 1. The van der Waals surface area contributed by atoms with Gasteiger partial charge in [0.1, 0.15) is 5.82 Å². The molecule has 0 bridgehead atoms. The van der Waals surface area contributed by atoms with Crippen LogP contribution in [0.5, 0.6) is 0 Å². The van der Waals surface area contributed by atoms with Crippen LogP contribution in [0.2, 0.25) is 5.02 Å². The highest BCUT2D eigenvalue weighted by atomic mass is 35.5. The van der Waals surface area contributed by atoms with Gasteiger partial charge in [0.2, 0.25) is 5.82 Å². The summed E-state index contributed by atoms with van der Waals surface area (Å²) in [7, 11) is 0. The van der Waals surface area contributed by atoms with E-state index in [0.717, 1.165) is 0 Å². The van der Waals surface area contributed by atoms with Crippen LogP contribution < -0.4 is 0 Å². The van der Waals surface area contributed by atoms with Crippen molar-refractivity contribution in [1.82, 2.24) is 19.7 Å². The number of carbonyl (C=O) groups excluding carboxylic acids is 1. The van der Waals surface area contributed by atoms with E-state index in [4.69, 9.17) is 11.6 Å². The van der Waals surface area contributed by atoms with E-state index in [9.17, 15) is 9.90 Å². The molecule has 0 saturated carbocycles. The first kappa shape index (κ1) is 15.0. The lowest BCUT2D eigenvalue weighted by Gasteiger charge is -2.12. The first-order chi connectivity index (χ1) is 10.6. The highest BCUT2D eigenvalue weighted by Gasteiger charge is 2.28. The van der Waals surface area contributed by atoms with Gasteiger partial charge in [0, 0.05) is 19.5 Å². The molecular formula is C15H17ClN4O2. The number of para-hydroxylation sites is 1. The van der Waals surface area contributed by atoms with Crippen molar-refractivity contribution < 1.29 is 9.90 Å². The number of carbonyl (C=O) groups is 1. The lowest BCUT2D eigenvalue weighted by atomic mass is 10.3. The summed E-state index contributed by atoms with van der Waals surface area (Å²) in [6, 6.07) is 7.31. The van der Waals surface area contributed by atoms with Crippen LogP contribution in [0.15, 0.2) is 24.3 Å². The predicted octanol–water partition coefficient (Wildman–Crippen LogP) is 1.69. The third kappa shape index (κ3) is 2.71. The summed E-state index contributed by atoms with van der Waals surface area (Å²) in [6.07, 6.45) is 0.770. The minimum atomic E-state index is -0.458. The van der Waals surface area contributed by atoms with E-state index in [1.165, 1.54) is 0 Å². The Bertz CT molecular complexity index is 701. The first-order valence-corrected chi connectivity index (χ1v) is 7.66. The van der Waals surface area contributed by atoms with Gasteiger partial charge in [0.25, 0.3) is 5.91 Å². The molecule has 1 N–H and O–H groups in total. The van der Waals surface area contributed by atoms with Gasteiger partial charge in [-0.3, -0.25) is 4.79 Å². The van der Waals surface area contributed by atoms with Crippen molar-refractivity contribution in [2.24, 2.45) is 0 Å². The molecule has 0 aliphatic carbocycles. The smallest absolute Gasteiger partial charge is 0.293 e. The van der Waals surface area contributed by atoms with E-state index in [2.05, 4.69) is 10.1 Å². The number of benzene rings is 1. The van der Waals surface area contributed by atoms with Gasteiger partial charge in [-0.05, 0) is 18.6 Å². The zero-order chi connectivity index (χ0) is 15.7. The Morgan fingerprint density at radius 2 is 2.23 bits per heavy atom. The zero-order valence-corrected chi connectivity index (χ0v) is 13.0. The molecule has 1 amide bonds. The maximum Gasteiger partial charge on any atom is 0.293 e. The highest BCUT2D eigenvalue weighted by molar-refractivity contribution is 6.32. The maximum atomic E-state index is 12.4. The number of rotatable bonds is 3. The van der Waals surface area contributed by atoms with Gasteiger partial charge < -0.3 is 10.0 Å². The van der Waals surface area contributed by atoms with Crippen LogP contribution >= 0.6 is 11.6 Å². The van der Waals surface area contributed by atoms with Crippen LogP contribution in [-0.4, -0.2) is 49.9 Å². The number of aliphatic hydroxyl groups is 1. The molecule has 1 atom stereocenters. The Morgan fingerprint density at radius 3 is 2.86 bits per heavy atom. The van der Waals surface area contributed by atoms with Crippen molar-refractivity contribution in [3.63, 3.8) is 0 Å². The summed E-state index contributed by atoms with van der Waals surface area (Å²) in [5, 5.41) is 14.4. The Morgan fingerprint density at radius 1 is 1.45 bits per heavy atom. The number of β-amino-alcohol motifs (C(OH)–C–C–N with tert-alkyl or cyclic N) is 1. The molecule has 6 nitrogen and oxygen atoms in total. The molecule has 116 valence electrons. The minimum Gasteiger partial charge on any atom is -0.391 e. The topological polar surface area (TPSA) is 71.2 Å². The van der Waals surface area contributed by atoms with E-state index in [-0.39, 0.29) is 11.7 Å². The van der Waals surface area contributed by atoms with Crippen molar-refractivity contribution in [3.8, 4) is 5.69 Å². The summed E-state index contributed by atoms with van der Waals surface area (Å²) in [6.45, 7) is 2.81.